The van der Waals surface area contributed by atoms with Crippen LogP contribution in [0.1, 0.15) is 23.7 Å². The van der Waals surface area contributed by atoms with Gasteiger partial charge in [-0.1, -0.05) is 6.92 Å². The molecule has 2 aromatic heterocycles. The summed E-state index contributed by atoms with van der Waals surface area (Å²) in [5.41, 5.74) is 0.113. The van der Waals surface area contributed by atoms with Gasteiger partial charge in [0.1, 0.15) is 12.2 Å². The van der Waals surface area contributed by atoms with Crippen LogP contribution in [0.2, 0.25) is 0 Å². The molecule has 0 spiro atoms. The maximum absolute atomic E-state index is 12.3. The standard InChI is InChI=1S/C14H16N4O4/c1-2-5-15-13(21)9-4-3-6-18-12(9)17-7-10(14(18)22)16-8-11(19)20/h3-4,6-7,16H,2,5,8H2,1H3,(H,15,21)(H,19,20). The molecule has 0 aromatic carbocycles. The Balaban J connectivity index is 2.43. The summed E-state index contributed by atoms with van der Waals surface area (Å²) >= 11 is 0. The molecular formula is C14H16N4O4. The quantitative estimate of drug-likeness (QED) is 0.709. The van der Waals surface area contributed by atoms with Gasteiger partial charge in [0.15, 0.2) is 5.65 Å². The fourth-order valence-electron chi connectivity index (χ4n) is 1.91. The molecule has 0 unspecified atom stereocenters. The van der Waals surface area contributed by atoms with Crippen LogP contribution in [0.15, 0.2) is 29.3 Å². The number of carboxylic acids is 1. The van der Waals surface area contributed by atoms with Gasteiger partial charge in [-0.2, -0.15) is 0 Å². The fourth-order valence-corrected chi connectivity index (χ4v) is 1.91. The molecule has 22 heavy (non-hydrogen) atoms. The second kappa shape index (κ2) is 6.70. The number of aliphatic carboxylic acids is 1. The van der Waals surface area contributed by atoms with E-state index < -0.39 is 11.5 Å². The van der Waals surface area contributed by atoms with Gasteiger partial charge in [0.25, 0.3) is 11.5 Å². The molecule has 8 nitrogen and oxygen atoms in total. The number of carboxylic acid groups (broad SMARTS) is 1. The van der Waals surface area contributed by atoms with Crippen molar-refractivity contribution in [2.45, 2.75) is 13.3 Å². The van der Waals surface area contributed by atoms with Crippen molar-refractivity contribution in [3.8, 4) is 0 Å². The number of aromatic nitrogens is 2. The minimum absolute atomic E-state index is 0.0611. The number of carbonyl (C=O) groups excluding carboxylic acids is 1. The summed E-state index contributed by atoms with van der Waals surface area (Å²) in [4.78, 5) is 39.0. The molecular weight excluding hydrogens is 288 g/mol. The normalized spacial score (nSPS) is 10.4. The van der Waals surface area contributed by atoms with Gasteiger partial charge >= 0.3 is 5.97 Å². The van der Waals surface area contributed by atoms with Crippen molar-refractivity contribution in [1.29, 1.82) is 0 Å². The van der Waals surface area contributed by atoms with Crippen LogP contribution >= 0.6 is 0 Å². The number of anilines is 1. The second-order valence-corrected chi connectivity index (χ2v) is 4.60. The molecule has 3 N–H and O–H groups in total. The Morgan fingerprint density at radius 1 is 1.41 bits per heavy atom. The highest BCUT2D eigenvalue weighted by atomic mass is 16.4. The highest BCUT2D eigenvalue weighted by molar-refractivity contribution is 5.99. The number of nitrogens with one attached hydrogen (secondary N) is 2. The van der Waals surface area contributed by atoms with Crippen molar-refractivity contribution in [2.24, 2.45) is 0 Å². The maximum atomic E-state index is 12.3. The molecule has 0 atom stereocenters. The van der Waals surface area contributed by atoms with Crippen molar-refractivity contribution in [3.05, 3.63) is 40.4 Å². The number of hydrogen-bond donors (Lipinski definition) is 3. The maximum Gasteiger partial charge on any atom is 0.322 e. The summed E-state index contributed by atoms with van der Waals surface area (Å²) in [5, 5.41) is 13.9. The zero-order chi connectivity index (χ0) is 16.1. The number of nitrogens with zero attached hydrogens (tertiary/aromatic N) is 2. The smallest absolute Gasteiger partial charge is 0.322 e. The summed E-state index contributed by atoms with van der Waals surface area (Å²) in [7, 11) is 0. The first-order valence-corrected chi connectivity index (χ1v) is 6.78. The minimum atomic E-state index is -1.09. The monoisotopic (exact) mass is 304 g/mol. The Hall–Kier alpha value is -2.90. The number of fused-ring (bicyclic) bond motifs is 1. The number of pyridine rings is 1. The van der Waals surface area contributed by atoms with Crippen LogP contribution in [-0.2, 0) is 4.79 Å². The van der Waals surface area contributed by atoms with Crippen LogP contribution in [0, 0.1) is 0 Å². The largest absolute Gasteiger partial charge is 0.480 e. The van der Waals surface area contributed by atoms with Gasteiger partial charge in [-0.3, -0.25) is 18.8 Å². The number of carbonyl (C=O) groups is 2. The summed E-state index contributed by atoms with van der Waals surface area (Å²) < 4.78 is 1.21. The lowest BCUT2D eigenvalue weighted by molar-refractivity contribution is -0.134. The molecule has 8 heteroatoms. The van der Waals surface area contributed by atoms with Gasteiger partial charge in [-0.05, 0) is 18.6 Å². The van der Waals surface area contributed by atoms with Crippen LogP contribution in [0.25, 0.3) is 5.65 Å². The highest BCUT2D eigenvalue weighted by Gasteiger charge is 2.13. The summed E-state index contributed by atoms with van der Waals surface area (Å²) in [6.07, 6.45) is 3.51. The van der Waals surface area contributed by atoms with Crippen LogP contribution in [-0.4, -0.2) is 39.5 Å². The predicted molar refractivity (Wildman–Crippen MR) is 80.2 cm³/mol. The first-order chi connectivity index (χ1) is 10.5. The third-order valence-electron chi connectivity index (χ3n) is 2.94. The summed E-state index contributed by atoms with van der Waals surface area (Å²) in [5.74, 6) is -1.39. The molecule has 0 aliphatic heterocycles. The number of rotatable bonds is 6. The number of hydrogen-bond acceptors (Lipinski definition) is 5. The topological polar surface area (TPSA) is 113 Å². The Morgan fingerprint density at radius 3 is 2.86 bits per heavy atom. The van der Waals surface area contributed by atoms with Gasteiger partial charge in [-0.25, -0.2) is 4.98 Å². The van der Waals surface area contributed by atoms with Gasteiger partial charge in [0, 0.05) is 12.7 Å². The van der Waals surface area contributed by atoms with E-state index in [1.54, 1.807) is 12.1 Å². The summed E-state index contributed by atoms with van der Waals surface area (Å²) in [6, 6.07) is 3.15. The van der Waals surface area contributed by atoms with Gasteiger partial charge in [0.2, 0.25) is 0 Å². The first-order valence-electron chi connectivity index (χ1n) is 6.78. The SMILES string of the molecule is CCCNC(=O)c1cccn2c(=O)c(NCC(=O)O)cnc12. The third-order valence-corrected chi connectivity index (χ3v) is 2.94. The van der Waals surface area contributed by atoms with E-state index in [4.69, 9.17) is 5.11 Å². The molecule has 0 saturated heterocycles. The lowest BCUT2D eigenvalue weighted by Gasteiger charge is -2.09. The summed E-state index contributed by atoms with van der Waals surface area (Å²) in [6.45, 7) is 2.08. The van der Waals surface area contributed by atoms with Crippen molar-refractivity contribution >= 4 is 23.2 Å². The highest BCUT2D eigenvalue weighted by Crippen LogP contribution is 2.08. The Kier molecular flexibility index (Phi) is 4.72. The van der Waals surface area contributed by atoms with E-state index in [-0.39, 0.29) is 29.3 Å². The molecule has 116 valence electrons. The lowest BCUT2D eigenvalue weighted by atomic mass is 10.2. The average Bonchev–Trinajstić information content (AvgIpc) is 2.51. The lowest BCUT2D eigenvalue weighted by Crippen LogP contribution is -2.27. The molecule has 2 aromatic rings. The van der Waals surface area contributed by atoms with Crippen LogP contribution in [0.4, 0.5) is 5.69 Å². The predicted octanol–water partition coefficient (Wildman–Crippen LogP) is 0.331. The molecule has 2 heterocycles. The van der Waals surface area contributed by atoms with Crippen LogP contribution in [0.3, 0.4) is 0 Å². The third kappa shape index (κ3) is 3.22. The second-order valence-electron chi connectivity index (χ2n) is 4.60. The first kappa shape index (κ1) is 15.5. The van der Waals surface area contributed by atoms with Crippen molar-refractivity contribution in [1.82, 2.24) is 14.7 Å². The molecule has 0 aliphatic carbocycles. The number of amides is 1. The van der Waals surface area contributed by atoms with E-state index >= 15 is 0 Å². The van der Waals surface area contributed by atoms with E-state index in [2.05, 4.69) is 15.6 Å². The van der Waals surface area contributed by atoms with Crippen LogP contribution in [0.5, 0.6) is 0 Å². The molecule has 1 amide bonds. The Bertz CT molecular complexity index is 769. The molecule has 2 rings (SSSR count). The van der Waals surface area contributed by atoms with Gasteiger partial charge in [-0.15, -0.1) is 0 Å². The van der Waals surface area contributed by atoms with Crippen molar-refractivity contribution in [2.75, 3.05) is 18.4 Å². The zero-order valence-electron chi connectivity index (χ0n) is 12.0. The van der Waals surface area contributed by atoms with E-state index in [0.29, 0.717) is 6.54 Å². The van der Waals surface area contributed by atoms with E-state index in [1.165, 1.54) is 16.8 Å². The van der Waals surface area contributed by atoms with E-state index in [9.17, 15) is 14.4 Å². The molecule has 0 bridgehead atoms. The van der Waals surface area contributed by atoms with Gasteiger partial charge < -0.3 is 15.7 Å². The Labute approximate surface area is 125 Å². The van der Waals surface area contributed by atoms with E-state index in [0.717, 1.165) is 6.42 Å². The molecule has 0 saturated carbocycles. The Morgan fingerprint density at radius 2 is 2.18 bits per heavy atom. The average molecular weight is 304 g/mol. The molecule has 0 radical (unpaired) electrons. The molecule has 0 aliphatic rings. The van der Waals surface area contributed by atoms with Gasteiger partial charge in [0.05, 0.1) is 11.8 Å². The van der Waals surface area contributed by atoms with E-state index in [1.807, 2.05) is 6.92 Å². The zero-order valence-corrected chi connectivity index (χ0v) is 12.0. The van der Waals surface area contributed by atoms with Crippen molar-refractivity contribution in [3.63, 3.8) is 0 Å². The molecule has 0 fully saturated rings. The fraction of sp³-hybridized carbons (Fsp3) is 0.286. The minimum Gasteiger partial charge on any atom is -0.480 e. The van der Waals surface area contributed by atoms with Crippen LogP contribution < -0.4 is 16.2 Å². The van der Waals surface area contributed by atoms with Crippen molar-refractivity contribution < 1.29 is 14.7 Å².